The molecule has 0 saturated heterocycles. The van der Waals surface area contributed by atoms with Crippen LogP contribution in [0.4, 0.5) is 0 Å². The Labute approximate surface area is 182 Å². The molecule has 1 unspecified atom stereocenters. The third kappa shape index (κ3) is 5.02. The molecule has 4 nitrogen and oxygen atoms in total. The molecule has 1 atom stereocenters. The molecule has 5 heteroatoms. The zero-order chi connectivity index (χ0) is 21.5. The molecule has 0 aliphatic heterocycles. The van der Waals surface area contributed by atoms with E-state index < -0.39 is 0 Å². The second-order valence-corrected chi connectivity index (χ2v) is 7.16. The lowest BCUT2D eigenvalue weighted by atomic mass is 10.0. The van der Waals surface area contributed by atoms with Gasteiger partial charge in [-0.05, 0) is 48.4 Å². The van der Waals surface area contributed by atoms with Gasteiger partial charge in [-0.2, -0.15) is 0 Å². The Bertz CT molecular complexity index is 1050. The number of hydrogen-bond donors (Lipinski definition) is 1. The quantitative estimate of drug-likeness (QED) is 0.389. The maximum atomic E-state index is 13.3. The molecule has 3 rings (SSSR count). The van der Waals surface area contributed by atoms with E-state index in [9.17, 15) is 4.79 Å². The molecule has 0 fully saturated rings. The molecule has 3 aromatic carbocycles. The summed E-state index contributed by atoms with van der Waals surface area (Å²) in [5, 5.41) is 3.66. The molecule has 0 bridgehead atoms. The predicted octanol–water partition coefficient (Wildman–Crippen LogP) is 5.78. The van der Waals surface area contributed by atoms with Crippen molar-refractivity contribution < 1.29 is 14.3 Å². The van der Waals surface area contributed by atoms with Crippen molar-refractivity contribution in [3.8, 4) is 11.5 Å². The lowest BCUT2D eigenvalue weighted by Crippen LogP contribution is -2.27. The van der Waals surface area contributed by atoms with E-state index in [4.69, 9.17) is 21.1 Å². The van der Waals surface area contributed by atoms with Crippen LogP contribution in [0.15, 0.2) is 72.8 Å². The highest BCUT2D eigenvalue weighted by Crippen LogP contribution is 2.30. The number of ether oxygens (including phenoxy) is 2. The predicted molar refractivity (Wildman–Crippen MR) is 122 cm³/mol. The van der Waals surface area contributed by atoms with Gasteiger partial charge < -0.3 is 14.8 Å². The smallest absolute Gasteiger partial charge is 0.252 e. The Kier molecular flexibility index (Phi) is 7.15. The van der Waals surface area contributed by atoms with E-state index in [-0.39, 0.29) is 11.9 Å². The maximum absolute atomic E-state index is 13.3. The molecule has 0 aliphatic rings. The van der Waals surface area contributed by atoms with E-state index >= 15 is 0 Å². The molecule has 0 aromatic heterocycles. The van der Waals surface area contributed by atoms with Gasteiger partial charge in [-0.15, -0.1) is 0 Å². The first-order valence-corrected chi connectivity index (χ1v) is 9.95. The summed E-state index contributed by atoms with van der Waals surface area (Å²) < 4.78 is 10.8. The van der Waals surface area contributed by atoms with Crippen LogP contribution in [0.2, 0.25) is 5.02 Å². The van der Waals surface area contributed by atoms with Gasteiger partial charge in [0.2, 0.25) is 0 Å². The van der Waals surface area contributed by atoms with Crippen LogP contribution in [0, 0.1) is 0 Å². The van der Waals surface area contributed by atoms with Crippen LogP contribution < -0.4 is 14.8 Å². The first-order chi connectivity index (χ1) is 14.5. The highest BCUT2D eigenvalue weighted by Gasteiger charge is 2.19. The molecular weight excluding hydrogens is 398 g/mol. The summed E-state index contributed by atoms with van der Waals surface area (Å²) in [7, 11) is 3.21. The zero-order valence-corrected chi connectivity index (χ0v) is 17.9. The van der Waals surface area contributed by atoms with Crippen molar-refractivity contribution in [3.63, 3.8) is 0 Å². The Morgan fingerprint density at radius 1 is 0.967 bits per heavy atom. The summed E-state index contributed by atoms with van der Waals surface area (Å²) in [6.45, 7) is 1.91. The van der Waals surface area contributed by atoms with Crippen molar-refractivity contribution in [3.05, 3.63) is 94.5 Å². The number of rotatable bonds is 7. The minimum atomic E-state index is -0.305. The second kappa shape index (κ2) is 9.99. The minimum absolute atomic E-state index is 0.210. The summed E-state index contributed by atoms with van der Waals surface area (Å²) in [5.41, 5.74) is 2.94. The average Bonchev–Trinajstić information content (AvgIpc) is 2.78. The number of hydrogen-bond acceptors (Lipinski definition) is 3. The fraction of sp³-hybridized carbons (Fsp3) is 0.160. The molecule has 0 spiro atoms. The van der Waals surface area contributed by atoms with Gasteiger partial charge in [0.25, 0.3) is 5.91 Å². The second-order valence-electron chi connectivity index (χ2n) is 6.75. The number of benzene rings is 3. The van der Waals surface area contributed by atoms with Gasteiger partial charge in [0.05, 0.1) is 20.3 Å². The fourth-order valence-electron chi connectivity index (χ4n) is 3.18. The highest BCUT2D eigenvalue weighted by molar-refractivity contribution is 6.33. The summed E-state index contributed by atoms with van der Waals surface area (Å²) in [6, 6.07) is 22.2. The third-order valence-corrected chi connectivity index (χ3v) is 5.13. The number of carbonyl (C=O) groups excluding carboxylic acids is 1. The Morgan fingerprint density at radius 3 is 2.33 bits per heavy atom. The SMILES string of the molecule is COc1ccc(OC)c(C(C)NC(=O)/C(=C/c2ccccc2Cl)c2ccccc2)c1. The van der Waals surface area contributed by atoms with Crippen LogP contribution in [-0.2, 0) is 4.79 Å². The van der Waals surface area contributed by atoms with Gasteiger partial charge in [-0.1, -0.05) is 60.1 Å². The van der Waals surface area contributed by atoms with Crippen molar-refractivity contribution in [1.29, 1.82) is 0 Å². The van der Waals surface area contributed by atoms with Gasteiger partial charge in [0.15, 0.2) is 0 Å². The molecule has 154 valence electrons. The van der Waals surface area contributed by atoms with Crippen molar-refractivity contribution in [2.24, 2.45) is 0 Å². The Morgan fingerprint density at radius 2 is 1.67 bits per heavy atom. The van der Waals surface area contributed by atoms with E-state index in [0.717, 1.165) is 16.7 Å². The van der Waals surface area contributed by atoms with Crippen LogP contribution in [0.3, 0.4) is 0 Å². The summed E-state index contributed by atoms with van der Waals surface area (Å²) in [4.78, 5) is 13.3. The number of carbonyl (C=O) groups is 1. The lowest BCUT2D eigenvalue weighted by molar-refractivity contribution is -0.116. The monoisotopic (exact) mass is 421 g/mol. The first-order valence-electron chi connectivity index (χ1n) is 9.58. The van der Waals surface area contributed by atoms with Crippen LogP contribution in [0.5, 0.6) is 11.5 Å². The number of methoxy groups -OCH3 is 2. The molecule has 0 radical (unpaired) electrons. The lowest BCUT2D eigenvalue weighted by Gasteiger charge is -2.19. The van der Waals surface area contributed by atoms with Gasteiger partial charge in [-0.25, -0.2) is 0 Å². The van der Waals surface area contributed by atoms with E-state index in [0.29, 0.717) is 22.1 Å². The Hall–Kier alpha value is -3.24. The third-order valence-electron chi connectivity index (χ3n) is 4.79. The number of halogens is 1. The van der Waals surface area contributed by atoms with Gasteiger partial charge in [-0.3, -0.25) is 4.79 Å². The topological polar surface area (TPSA) is 47.6 Å². The van der Waals surface area contributed by atoms with Crippen LogP contribution in [-0.4, -0.2) is 20.1 Å². The van der Waals surface area contributed by atoms with Crippen molar-refractivity contribution in [1.82, 2.24) is 5.32 Å². The van der Waals surface area contributed by atoms with E-state index in [2.05, 4.69) is 5.32 Å². The highest BCUT2D eigenvalue weighted by atomic mass is 35.5. The van der Waals surface area contributed by atoms with Crippen molar-refractivity contribution in [2.45, 2.75) is 13.0 Å². The summed E-state index contributed by atoms with van der Waals surface area (Å²) in [5.74, 6) is 1.17. The standard InChI is InChI=1S/C25H24ClNO3/c1-17(21-16-20(29-2)13-14-24(21)30-3)27-25(28)22(18-9-5-4-6-10-18)15-19-11-7-8-12-23(19)26/h4-17H,1-3H3,(H,27,28)/b22-15+. The molecular formula is C25H24ClNO3. The van der Waals surface area contributed by atoms with E-state index in [1.165, 1.54) is 0 Å². The zero-order valence-electron chi connectivity index (χ0n) is 17.2. The fourth-order valence-corrected chi connectivity index (χ4v) is 3.37. The van der Waals surface area contributed by atoms with Crippen molar-refractivity contribution >= 4 is 29.2 Å². The minimum Gasteiger partial charge on any atom is -0.497 e. The maximum Gasteiger partial charge on any atom is 0.252 e. The molecule has 1 N–H and O–H groups in total. The van der Waals surface area contributed by atoms with Gasteiger partial charge in [0, 0.05) is 16.2 Å². The van der Waals surface area contributed by atoms with Gasteiger partial charge >= 0.3 is 0 Å². The first kappa shape index (κ1) is 21.5. The summed E-state index contributed by atoms with van der Waals surface area (Å²) >= 11 is 6.33. The largest absolute Gasteiger partial charge is 0.497 e. The van der Waals surface area contributed by atoms with Crippen LogP contribution >= 0.6 is 11.6 Å². The molecule has 0 saturated carbocycles. The molecule has 0 aliphatic carbocycles. The normalized spacial score (nSPS) is 12.2. The molecule has 3 aromatic rings. The van der Waals surface area contributed by atoms with Crippen LogP contribution in [0.25, 0.3) is 11.6 Å². The Balaban J connectivity index is 1.96. The summed E-state index contributed by atoms with van der Waals surface area (Å²) in [6.07, 6.45) is 1.81. The molecule has 0 heterocycles. The van der Waals surface area contributed by atoms with Crippen molar-refractivity contribution in [2.75, 3.05) is 14.2 Å². The number of nitrogens with one attached hydrogen (secondary N) is 1. The van der Waals surface area contributed by atoms with E-state index in [1.807, 2.05) is 79.7 Å². The van der Waals surface area contributed by atoms with Crippen LogP contribution in [0.1, 0.15) is 29.7 Å². The van der Waals surface area contributed by atoms with Gasteiger partial charge in [0.1, 0.15) is 11.5 Å². The molecule has 30 heavy (non-hydrogen) atoms. The van der Waals surface area contributed by atoms with E-state index in [1.54, 1.807) is 20.3 Å². The molecule has 1 amide bonds. The number of amides is 1. The average molecular weight is 422 g/mol.